The highest BCUT2D eigenvalue weighted by molar-refractivity contribution is 6.21. The standard InChI is InChI=1S/C5H8ClNO/c6-4-2-1-3-5(8)7-4/h4H,1-3H2,(H,7,8). The van der Waals surface area contributed by atoms with Gasteiger partial charge in [0.2, 0.25) is 5.91 Å². The number of carbonyl (C=O) groups is 1. The second kappa shape index (κ2) is 2.35. The number of rotatable bonds is 0. The predicted molar refractivity (Wildman–Crippen MR) is 31.6 cm³/mol. The van der Waals surface area contributed by atoms with E-state index in [2.05, 4.69) is 5.32 Å². The molecule has 0 radical (unpaired) electrons. The average Bonchev–Trinajstić information content (AvgIpc) is 1.64. The summed E-state index contributed by atoms with van der Waals surface area (Å²) in [6.07, 6.45) is 2.48. The zero-order chi connectivity index (χ0) is 5.98. The van der Waals surface area contributed by atoms with Crippen LogP contribution >= 0.6 is 11.6 Å². The molecule has 1 unspecified atom stereocenters. The lowest BCUT2D eigenvalue weighted by molar-refractivity contribution is -0.122. The number of piperidine rings is 1. The Labute approximate surface area is 53.2 Å². The van der Waals surface area contributed by atoms with Crippen LogP contribution in [0.5, 0.6) is 0 Å². The van der Waals surface area contributed by atoms with Crippen LogP contribution in [-0.4, -0.2) is 11.4 Å². The molecule has 8 heavy (non-hydrogen) atoms. The van der Waals surface area contributed by atoms with Gasteiger partial charge in [-0.1, -0.05) is 11.6 Å². The number of hydrogen-bond acceptors (Lipinski definition) is 1. The molecule has 0 aromatic carbocycles. The van der Waals surface area contributed by atoms with Gasteiger partial charge < -0.3 is 5.32 Å². The van der Waals surface area contributed by atoms with Crippen LogP contribution in [0.3, 0.4) is 0 Å². The highest BCUT2D eigenvalue weighted by Gasteiger charge is 2.14. The molecule has 0 saturated carbocycles. The minimum atomic E-state index is -0.115. The van der Waals surface area contributed by atoms with E-state index in [0.717, 1.165) is 12.8 Å². The molecule has 0 aliphatic carbocycles. The zero-order valence-electron chi connectivity index (χ0n) is 4.48. The van der Waals surface area contributed by atoms with Crippen LogP contribution < -0.4 is 5.32 Å². The molecule has 1 heterocycles. The van der Waals surface area contributed by atoms with E-state index < -0.39 is 0 Å². The van der Waals surface area contributed by atoms with Gasteiger partial charge in [-0.2, -0.15) is 0 Å². The van der Waals surface area contributed by atoms with E-state index in [1.807, 2.05) is 0 Å². The highest BCUT2D eigenvalue weighted by Crippen LogP contribution is 2.09. The van der Waals surface area contributed by atoms with Gasteiger partial charge in [0.05, 0.1) is 0 Å². The van der Waals surface area contributed by atoms with Crippen molar-refractivity contribution in [2.24, 2.45) is 0 Å². The van der Waals surface area contributed by atoms with Crippen molar-refractivity contribution < 1.29 is 4.79 Å². The molecular weight excluding hydrogens is 126 g/mol. The number of hydrogen-bond donors (Lipinski definition) is 1. The van der Waals surface area contributed by atoms with Crippen LogP contribution in [0, 0.1) is 0 Å². The Morgan fingerprint density at radius 3 is 2.88 bits per heavy atom. The van der Waals surface area contributed by atoms with Crippen molar-refractivity contribution in [2.45, 2.75) is 24.8 Å². The lowest BCUT2D eigenvalue weighted by Crippen LogP contribution is -2.34. The number of amides is 1. The van der Waals surface area contributed by atoms with E-state index in [0.29, 0.717) is 6.42 Å². The maximum absolute atomic E-state index is 10.5. The van der Waals surface area contributed by atoms with Gasteiger partial charge in [-0.3, -0.25) is 4.79 Å². The van der Waals surface area contributed by atoms with Crippen molar-refractivity contribution in [3.63, 3.8) is 0 Å². The van der Waals surface area contributed by atoms with Crippen molar-refractivity contribution in [1.29, 1.82) is 0 Å². The molecule has 1 amide bonds. The van der Waals surface area contributed by atoms with E-state index in [1.165, 1.54) is 0 Å². The van der Waals surface area contributed by atoms with Gasteiger partial charge in [-0.25, -0.2) is 0 Å². The van der Waals surface area contributed by atoms with Gasteiger partial charge in [0.1, 0.15) is 5.50 Å². The molecule has 0 aromatic rings. The molecule has 1 atom stereocenters. The van der Waals surface area contributed by atoms with Gasteiger partial charge in [0.25, 0.3) is 0 Å². The van der Waals surface area contributed by atoms with E-state index in [-0.39, 0.29) is 11.4 Å². The summed E-state index contributed by atoms with van der Waals surface area (Å²) in [4.78, 5) is 10.5. The Hall–Kier alpha value is -0.240. The first-order chi connectivity index (χ1) is 3.79. The van der Waals surface area contributed by atoms with E-state index >= 15 is 0 Å². The van der Waals surface area contributed by atoms with Crippen molar-refractivity contribution in [3.05, 3.63) is 0 Å². The normalized spacial score (nSPS) is 29.6. The largest absolute Gasteiger partial charge is 0.340 e. The Balaban J connectivity index is 2.34. The number of halogens is 1. The van der Waals surface area contributed by atoms with Crippen molar-refractivity contribution in [2.75, 3.05) is 0 Å². The van der Waals surface area contributed by atoms with E-state index in [1.54, 1.807) is 0 Å². The second-order valence-electron chi connectivity index (χ2n) is 1.93. The molecule has 1 fully saturated rings. The Morgan fingerprint density at radius 2 is 2.50 bits per heavy atom. The van der Waals surface area contributed by atoms with E-state index in [4.69, 9.17) is 11.6 Å². The van der Waals surface area contributed by atoms with Gasteiger partial charge in [-0.15, -0.1) is 0 Å². The summed E-state index contributed by atoms with van der Waals surface area (Å²) in [6, 6.07) is 0. The predicted octanol–water partition coefficient (Wildman–Crippen LogP) is 0.851. The summed E-state index contributed by atoms with van der Waals surface area (Å²) in [5.41, 5.74) is -0.115. The fourth-order valence-corrected chi connectivity index (χ4v) is 1.04. The molecule has 0 aromatic heterocycles. The van der Waals surface area contributed by atoms with Gasteiger partial charge in [-0.05, 0) is 12.8 Å². The highest BCUT2D eigenvalue weighted by atomic mass is 35.5. The zero-order valence-corrected chi connectivity index (χ0v) is 5.24. The van der Waals surface area contributed by atoms with Crippen LogP contribution in [0.4, 0.5) is 0 Å². The van der Waals surface area contributed by atoms with Gasteiger partial charge in [0.15, 0.2) is 0 Å². The quantitative estimate of drug-likeness (QED) is 0.385. The van der Waals surface area contributed by atoms with Crippen LogP contribution in [0.15, 0.2) is 0 Å². The molecule has 1 saturated heterocycles. The molecule has 46 valence electrons. The maximum atomic E-state index is 10.5. The van der Waals surface area contributed by atoms with Crippen LogP contribution in [0.2, 0.25) is 0 Å². The topological polar surface area (TPSA) is 29.1 Å². The number of carbonyl (C=O) groups excluding carboxylic acids is 1. The molecular formula is C5H8ClNO. The Morgan fingerprint density at radius 1 is 1.75 bits per heavy atom. The third-order valence-electron chi connectivity index (χ3n) is 1.18. The fraction of sp³-hybridized carbons (Fsp3) is 0.800. The summed E-state index contributed by atoms with van der Waals surface area (Å²) in [5, 5.41) is 2.61. The van der Waals surface area contributed by atoms with E-state index in [9.17, 15) is 4.79 Å². The third kappa shape index (κ3) is 1.37. The monoisotopic (exact) mass is 133 g/mol. The van der Waals surface area contributed by atoms with Crippen LogP contribution in [0.1, 0.15) is 19.3 Å². The summed E-state index contributed by atoms with van der Waals surface area (Å²) in [6.45, 7) is 0. The molecule has 1 N–H and O–H groups in total. The molecule has 0 spiro atoms. The molecule has 0 bridgehead atoms. The SMILES string of the molecule is O=C1CCCC(Cl)N1. The molecule has 2 nitrogen and oxygen atoms in total. The summed E-state index contributed by atoms with van der Waals surface area (Å²) in [7, 11) is 0. The number of alkyl halides is 1. The minimum Gasteiger partial charge on any atom is -0.340 e. The molecule has 1 rings (SSSR count). The van der Waals surface area contributed by atoms with Gasteiger partial charge in [0, 0.05) is 6.42 Å². The lowest BCUT2D eigenvalue weighted by Gasteiger charge is -2.16. The third-order valence-corrected chi connectivity index (χ3v) is 1.51. The summed E-state index contributed by atoms with van der Waals surface area (Å²) in [5.74, 6) is 0.0799. The van der Waals surface area contributed by atoms with Crippen LogP contribution in [0.25, 0.3) is 0 Å². The molecule has 3 heteroatoms. The van der Waals surface area contributed by atoms with Gasteiger partial charge >= 0.3 is 0 Å². The average molecular weight is 134 g/mol. The summed E-state index contributed by atoms with van der Waals surface area (Å²) < 4.78 is 0. The van der Waals surface area contributed by atoms with Crippen molar-refractivity contribution >= 4 is 17.5 Å². The first kappa shape index (κ1) is 5.89. The Kier molecular flexibility index (Phi) is 1.73. The van der Waals surface area contributed by atoms with Crippen LogP contribution in [-0.2, 0) is 4.79 Å². The lowest BCUT2D eigenvalue weighted by atomic mass is 10.2. The fourth-order valence-electron chi connectivity index (χ4n) is 0.761. The second-order valence-corrected chi connectivity index (χ2v) is 2.45. The number of nitrogens with one attached hydrogen (secondary N) is 1. The molecule has 1 aliphatic heterocycles. The first-order valence-electron chi connectivity index (χ1n) is 2.72. The summed E-state index contributed by atoms with van der Waals surface area (Å²) >= 11 is 5.58. The minimum absolute atomic E-state index is 0.0799. The Bertz CT molecular complexity index is 105. The van der Waals surface area contributed by atoms with Crippen molar-refractivity contribution in [3.8, 4) is 0 Å². The van der Waals surface area contributed by atoms with Crippen molar-refractivity contribution in [1.82, 2.24) is 5.32 Å². The maximum Gasteiger partial charge on any atom is 0.221 e. The first-order valence-corrected chi connectivity index (χ1v) is 3.16. The molecule has 1 aliphatic rings. The smallest absolute Gasteiger partial charge is 0.221 e.